The molecule has 0 fully saturated rings. The molecular weight excluding hydrogens is 196 g/mol. The Bertz CT molecular complexity index is 444. The first-order valence-corrected chi connectivity index (χ1v) is 4.43. The summed E-state index contributed by atoms with van der Waals surface area (Å²) >= 11 is 0. The molecule has 1 heterocycles. The lowest BCUT2D eigenvalue weighted by molar-refractivity contribution is -0.144. The van der Waals surface area contributed by atoms with Gasteiger partial charge in [0, 0.05) is 0 Å². The standard InChI is InChI=1S/C10H10N2O3/c1-10(8(11)13)9(14)12-6-4-2-3-5-7(6)15-10/h2-5H,1H3,(H2,11,13)(H,12,14)/t10-/m1/s1. The number of nitrogens with one attached hydrogen (secondary N) is 1. The molecule has 2 rings (SSSR count). The zero-order chi connectivity index (χ0) is 11.1. The van der Waals surface area contributed by atoms with Gasteiger partial charge < -0.3 is 15.8 Å². The van der Waals surface area contributed by atoms with Crippen molar-refractivity contribution >= 4 is 17.5 Å². The summed E-state index contributed by atoms with van der Waals surface area (Å²) in [6.45, 7) is 1.35. The molecule has 0 radical (unpaired) electrons. The van der Waals surface area contributed by atoms with Gasteiger partial charge in [0.15, 0.2) is 0 Å². The summed E-state index contributed by atoms with van der Waals surface area (Å²) in [6, 6.07) is 6.86. The first-order valence-electron chi connectivity index (χ1n) is 4.43. The second kappa shape index (κ2) is 2.98. The lowest BCUT2D eigenvalue weighted by Crippen LogP contribution is -2.57. The third-order valence-corrected chi connectivity index (χ3v) is 2.35. The van der Waals surface area contributed by atoms with E-state index in [0.29, 0.717) is 11.4 Å². The second-order valence-corrected chi connectivity index (χ2v) is 3.45. The van der Waals surface area contributed by atoms with Crippen molar-refractivity contribution < 1.29 is 14.3 Å². The van der Waals surface area contributed by atoms with Crippen LogP contribution >= 0.6 is 0 Å². The van der Waals surface area contributed by atoms with E-state index in [2.05, 4.69) is 5.32 Å². The monoisotopic (exact) mass is 206 g/mol. The fourth-order valence-corrected chi connectivity index (χ4v) is 1.33. The lowest BCUT2D eigenvalue weighted by Gasteiger charge is -2.31. The van der Waals surface area contributed by atoms with E-state index in [0.717, 1.165) is 0 Å². The van der Waals surface area contributed by atoms with Crippen molar-refractivity contribution in [1.29, 1.82) is 0 Å². The van der Waals surface area contributed by atoms with E-state index in [1.54, 1.807) is 24.3 Å². The second-order valence-electron chi connectivity index (χ2n) is 3.45. The Morgan fingerprint density at radius 3 is 2.80 bits per heavy atom. The number of benzene rings is 1. The Morgan fingerprint density at radius 1 is 1.47 bits per heavy atom. The number of carbonyl (C=O) groups is 2. The normalized spacial score (nSPS) is 23.7. The Hall–Kier alpha value is -2.04. The molecular formula is C10H10N2O3. The van der Waals surface area contributed by atoms with Crippen LogP contribution in [-0.2, 0) is 9.59 Å². The molecule has 15 heavy (non-hydrogen) atoms. The number of hydrogen-bond acceptors (Lipinski definition) is 3. The van der Waals surface area contributed by atoms with Gasteiger partial charge in [0.2, 0.25) is 0 Å². The van der Waals surface area contributed by atoms with Crippen LogP contribution < -0.4 is 15.8 Å². The third-order valence-electron chi connectivity index (χ3n) is 2.35. The number of carbonyl (C=O) groups excluding carboxylic acids is 2. The van der Waals surface area contributed by atoms with Crippen molar-refractivity contribution in [2.75, 3.05) is 5.32 Å². The smallest absolute Gasteiger partial charge is 0.278 e. The van der Waals surface area contributed by atoms with Crippen LogP contribution in [0.25, 0.3) is 0 Å². The molecule has 0 aliphatic carbocycles. The van der Waals surface area contributed by atoms with Gasteiger partial charge >= 0.3 is 0 Å². The molecule has 0 saturated heterocycles. The molecule has 1 atom stereocenters. The number of amides is 2. The first kappa shape index (κ1) is 9.51. The largest absolute Gasteiger partial charge is 0.466 e. The molecule has 0 aromatic heterocycles. The minimum atomic E-state index is -1.63. The fraction of sp³-hybridized carbons (Fsp3) is 0.200. The van der Waals surface area contributed by atoms with Crippen LogP contribution in [0.4, 0.5) is 5.69 Å². The summed E-state index contributed by atoms with van der Waals surface area (Å²) in [4.78, 5) is 22.7. The van der Waals surface area contributed by atoms with Crippen LogP contribution in [0.2, 0.25) is 0 Å². The highest BCUT2D eigenvalue weighted by molar-refractivity contribution is 6.14. The molecule has 5 nitrogen and oxygen atoms in total. The van der Waals surface area contributed by atoms with E-state index in [9.17, 15) is 9.59 Å². The Labute approximate surface area is 86.2 Å². The SMILES string of the molecule is C[C@]1(C(N)=O)Oc2ccccc2NC1=O. The first-order chi connectivity index (χ1) is 7.04. The van der Waals surface area contributed by atoms with Gasteiger partial charge in [-0.2, -0.15) is 0 Å². The van der Waals surface area contributed by atoms with E-state index in [1.807, 2.05) is 0 Å². The van der Waals surface area contributed by atoms with Gasteiger partial charge in [-0.25, -0.2) is 0 Å². The molecule has 1 aromatic rings. The van der Waals surface area contributed by atoms with Crippen molar-refractivity contribution in [3.05, 3.63) is 24.3 Å². The van der Waals surface area contributed by atoms with Crippen molar-refractivity contribution in [1.82, 2.24) is 0 Å². The van der Waals surface area contributed by atoms with Crippen LogP contribution in [0.1, 0.15) is 6.92 Å². The minimum Gasteiger partial charge on any atom is -0.466 e. The van der Waals surface area contributed by atoms with E-state index in [1.165, 1.54) is 6.92 Å². The van der Waals surface area contributed by atoms with Gasteiger partial charge in [-0.05, 0) is 19.1 Å². The zero-order valence-electron chi connectivity index (χ0n) is 8.11. The molecule has 1 aliphatic rings. The molecule has 3 N–H and O–H groups in total. The van der Waals surface area contributed by atoms with Crippen LogP contribution in [0.15, 0.2) is 24.3 Å². The van der Waals surface area contributed by atoms with Crippen molar-refractivity contribution in [2.24, 2.45) is 5.73 Å². The highest BCUT2D eigenvalue weighted by Gasteiger charge is 2.45. The average Bonchev–Trinajstić information content (AvgIpc) is 2.19. The van der Waals surface area contributed by atoms with Crippen LogP contribution in [0, 0.1) is 0 Å². The summed E-state index contributed by atoms with van der Waals surface area (Å²) in [5.74, 6) is -0.915. The zero-order valence-corrected chi connectivity index (χ0v) is 8.11. The topological polar surface area (TPSA) is 81.4 Å². The highest BCUT2D eigenvalue weighted by atomic mass is 16.5. The molecule has 0 spiro atoms. The lowest BCUT2D eigenvalue weighted by atomic mass is 10.0. The number of anilines is 1. The quantitative estimate of drug-likeness (QED) is 0.647. The Balaban J connectivity index is 2.46. The minimum absolute atomic E-state index is 0.443. The number of rotatable bonds is 1. The third kappa shape index (κ3) is 1.32. The van der Waals surface area contributed by atoms with Gasteiger partial charge in [-0.1, -0.05) is 12.1 Å². The maximum absolute atomic E-state index is 11.6. The molecule has 1 aliphatic heterocycles. The molecule has 5 heteroatoms. The number of primary amides is 1. The van der Waals surface area contributed by atoms with Gasteiger partial charge in [0.25, 0.3) is 17.4 Å². The van der Waals surface area contributed by atoms with Gasteiger partial charge in [0.1, 0.15) is 5.75 Å². The summed E-state index contributed by atoms with van der Waals surface area (Å²) in [6.07, 6.45) is 0. The van der Waals surface area contributed by atoms with Crippen LogP contribution in [0.3, 0.4) is 0 Å². The van der Waals surface area contributed by atoms with Crippen LogP contribution in [-0.4, -0.2) is 17.4 Å². The predicted molar refractivity (Wildman–Crippen MR) is 53.3 cm³/mol. The average molecular weight is 206 g/mol. The maximum Gasteiger partial charge on any atom is 0.278 e. The fourth-order valence-electron chi connectivity index (χ4n) is 1.33. The van der Waals surface area contributed by atoms with E-state index in [-0.39, 0.29) is 0 Å². The summed E-state index contributed by atoms with van der Waals surface area (Å²) in [5.41, 5.74) is 4.04. The van der Waals surface area contributed by atoms with E-state index in [4.69, 9.17) is 10.5 Å². The number of nitrogens with two attached hydrogens (primary N) is 1. The Morgan fingerprint density at radius 2 is 2.13 bits per heavy atom. The van der Waals surface area contributed by atoms with E-state index < -0.39 is 17.4 Å². The van der Waals surface area contributed by atoms with Crippen LogP contribution in [0.5, 0.6) is 5.75 Å². The molecule has 0 unspecified atom stereocenters. The van der Waals surface area contributed by atoms with Gasteiger partial charge in [-0.15, -0.1) is 0 Å². The predicted octanol–water partition coefficient (Wildman–Crippen LogP) is 0.261. The molecule has 0 bridgehead atoms. The van der Waals surface area contributed by atoms with Crippen molar-refractivity contribution in [3.8, 4) is 5.75 Å². The number of para-hydroxylation sites is 2. The highest BCUT2D eigenvalue weighted by Crippen LogP contribution is 2.32. The van der Waals surface area contributed by atoms with Crippen molar-refractivity contribution in [2.45, 2.75) is 12.5 Å². The number of fused-ring (bicyclic) bond motifs is 1. The number of ether oxygens (including phenoxy) is 1. The van der Waals surface area contributed by atoms with Gasteiger partial charge in [-0.3, -0.25) is 9.59 Å². The molecule has 0 saturated carbocycles. The number of hydrogen-bond donors (Lipinski definition) is 2. The van der Waals surface area contributed by atoms with Crippen molar-refractivity contribution in [3.63, 3.8) is 0 Å². The summed E-state index contributed by atoms with van der Waals surface area (Å²) in [7, 11) is 0. The summed E-state index contributed by atoms with van der Waals surface area (Å²) in [5, 5.41) is 2.57. The molecule has 2 amide bonds. The van der Waals surface area contributed by atoms with E-state index >= 15 is 0 Å². The Kier molecular flexibility index (Phi) is 1.89. The maximum atomic E-state index is 11.6. The van der Waals surface area contributed by atoms with Gasteiger partial charge in [0.05, 0.1) is 5.69 Å². The summed E-state index contributed by atoms with van der Waals surface area (Å²) < 4.78 is 5.31. The molecule has 78 valence electrons. The molecule has 1 aromatic carbocycles.